The minimum absolute atomic E-state index is 0.0276. The molecule has 4 rings (SSSR count). The summed E-state index contributed by atoms with van der Waals surface area (Å²) in [5.74, 6) is 1.84. The summed E-state index contributed by atoms with van der Waals surface area (Å²) >= 11 is 6.01. The Morgan fingerprint density at radius 2 is 1.48 bits per heavy atom. The van der Waals surface area contributed by atoms with Gasteiger partial charge in [-0.05, 0) is 36.9 Å². The summed E-state index contributed by atoms with van der Waals surface area (Å²) in [6.45, 7) is 10.2. The third-order valence-corrected chi connectivity index (χ3v) is 5.98. The zero-order valence-corrected chi connectivity index (χ0v) is 17.6. The van der Waals surface area contributed by atoms with Crippen LogP contribution in [0.15, 0.2) is 36.4 Å². The van der Waals surface area contributed by atoms with Crippen molar-refractivity contribution < 1.29 is 4.79 Å². The van der Waals surface area contributed by atoms with E-state index in [9.17, 15) is 4.79 Å². The van der Waals surface area contributed by atoms with Crippen molar-refractivity contribution >= 4 is 29.1 Å². The van der Waals surface area contributed by atoms with Gasteiger partial charge in [-0.15, -0.1) is 10.2 Å². The van der Waals surface area contributed by atoms with Crippen LogP contribution in [0, 0.1) is 0 Å². The van der Waals surface area contributed by atoms with E-state index in [1.54, 1.807) is 12.1 Å². The number of halogens is 1. The maximum atomic E-state index is 12.7. The minimum Gasteiger partial charge on any atom is -0.353 e. The summed E-state index contributed by atoms with van der Waals surface area (Å²) in [5, 5.41) is 9.50. The number of carbonyl (C=O) groups excluding carboxylic acids is 1. The van der Waals surface area contributed by atoms with Crippen molar-refractivity contribution in [2.24, 2.45) is 0 Å². The van der Waals surface area contributed by atoms with Crippen LogP contribution < -0.4 is 9.80 Å². The number of rotatable bonds is 4. The molecule has 0 bridgehead atoms. The number of hydrogen-bond acceptors (Lipinski definition) is 6. The van der Waals surface area contributed by atoms with Gasteiger partial charge in [0, 0.05) is 62.9 Å². The molecule has 0 unspecified atom stereocenters. The van der Waals surface area contributed by atoms with Gasteiger partial charge in [0.1, 0.15) is 0 Å². The highest BCUT2D eigenvalue weighted by molar-refractivity contribution is 6.30. The highest BCUT2D eigenvalue weighted by Crippen LogP contribution is 2.19. The molecule has 8 heteroatoms. The second-order valence-electron chi connectivity index (χ2n) is 7.46. The molecular formula is C21H27ClN6O. The number of hydrogen-bond donors (Lipinski definition) is 0. The number of nitrogens with zero attached hydrogens (tertiary/aromatic N) is 6. The van der Waals surface area contributed by atoms with E-state index in [1.165, 1.54) is 0 Å². The van der Waals surface area contributed by atoms with Crippen molar-refractivity contribution in [3.05, 3.63) is 47.0 Å². The van der Waals surface area contributed by atoms with Crippen LogP contribution in [0.1, 0.15) is 17.3 Å². The first kappa shape index (κ1) is 19.9. The van der Waals surface area contributed by atoms with Crippen molar-refractivity contribution in [1.29, 1.82) is 0 Å². The van der Waals surface area contributed by atoms with E-state index in [0.717, 1.165) is 57.4 Å². The minimum atomic E-state index is 0.0276. The lowest BCUT2D eigenvalue weighted by atomic mass is 10.2. The molecule has 154 valence electrons. The average Bonchev–Trinajstić information content (AvgIpc) is 2.79. The highest BCUT2D eigenvalue weighted by atomic mass is 35.5. The summed E-state index contributed by atoms with van der Waals surface area (Å²) in [7, 11) is 0. The first-order chi connectivity index (χ1) is 14.1. The van der Waals surface area contributed by atoms with Gasteiger partial charge in [0.05, 0.1) is 0 Å². The van der Waals surface area contributed by atoms with Gasteiger partial charge in [0.15, 0.2) is 11.6 Å². The Morgan fingerprint density at radius 1 is 0.897 bits per heavy atom. The summed E-state index contributed by atoms with van der Waals surface area (Å²) in [6, 6.07) is 11.2. The zero-order valence-electron chi connectivity index (χ0n) is 16.8. The Labute approximate surface area is 176 Å². The van der Waals surface area contributed by atoms with Crippen LogP contribution in [0.4, 0.5) is 11.6 Å². The summed E-state index contributed by atoms with van der Waals surface area (Å²) < 4.78 is 0. The van der Waals surface area contributed by atoms with Gasteiger partial charge in [-0.3, -0.25) is 4.79 Å². The molecule has 3 heterocycles. The summed E-state index contributed by atoms with van der Waals surface area (Å²) in [6.07, 6.45) is 0. The van der Waals surface area contributed by atoms with E-state index < -0.39 is 0 Å². The first-order valence-corrected chi connectivity index (χ1v) is 10.6. The topological polar surface area (TPSA) is 55.8 Å². The largest absolute Gasteiger partial charge is 0.353 e. The fourth-order valence-corrected chi connectivity index (χ4v) is 4.08. The molecule has 0 saturated carbocycles. The predicted molar refractivity (Wildman–Crippen MR) is 116 cm³/mol. The molecule has 2 saturated heterocycles. The van der Waals surface area contributed by atoms with E-state index in [4.69, 9.17) is 11.6 Å². The molecule has 1 amide bonds. The number of amides is 1. The van der Waals surface area contributed by atoms with Crippen molar-refractivity contribution in [2.45, 2.75) is 6.92 Å². The number of aromatic nitrogens is 2. The van der Waals surface area contributed by atoms with E-state index in [0.29, 0.717) is 23.7 Å². The normalized spacial score (nSPS) is 18.2. The van der Waals surface area contributed by atoms with E-state index in [2.05, 4.69) is 37.9 Å². The molecule has 1 aromatic carbocycles. The van der Waals surface area contributed by atoms with Crippen molar-refractivity contribution in [3.63, 3.8) is 0 Å². The molecule has 2 fully saturated rings. The first-order valence-electron chi connectivity index (χ1n) is 10.2. The van der Waals surface area contributed by atoms with Gasteiger partial charge in [-0.1, -0.05) is 24.6 Å². The lowest BCUT2D eigenvalue weighted by Gasteiger charge is -2.36. The zero-order chi connectivity index (χ0) is 20.2. The molecule has 2 aliphatic heterocycles. The number of piperazine rings is 2. The Hall–Kier alpha value is -2.38. The van der Waals surface area contributed by atoms with E-state index in [-0.39, 0.29) is 5.91 Å². The van der Waals surface area contributed by atoms with Crippen LogP contribution in [-0.4, -0.2) is 84.8 Å². The number of benzene rings is 1. The van der Waals surface area contributed by atoms with Gasteiger partial charge in [0.2, 0.25) is 0 Å². The monoisotopic (exact) mass is 414 g/mol. The van der Waals surface area contributed by atoms with Crippen LogP contribution in [0.25, 0.3) is 0 Å². The molecule has 0 spiro atoms. The Balaban J connectivity index is 1.32. The SMILES string of the molecule is CCN1CCN(c2ccc(N3CCN(C(=O)c4cccc(Cl)c4)CC3)nn2)CC1. The maximum absolute atomic E-state index is 12.7. The Morgan fingerprint density at radius 3 is 2.00 bits per heavy atom. The average molecular weight is 415 g/mol. The van der Waals surface area contributed by atoms with E-state index in [1.807, 2.05) is 23.1 Å². The second kappa shape index (κ2) is 8.97. The third kappa shape index (κ3) is 4.62. The molecule has 29 heavy (non-hydrogen) atoms. The van der Waals surface area contributed by atoms with Crippen LogP contribution in [0.2, 0.25) is 5.02 Å². The van der Waals surface area contributed by atoms with E-state index >= 15 is 0 Å². The molecule has 2 aliphatic rings. The van der Waals surface area contributed by atoms with Gasteiger partial charge in [-0.2, -0.15) is 0 Å². The lowest BCUT2D eigenvalue weighted by molar-refractivity contribution is 0.0746. The van der Waals surface area contributed by atoms with Gasteiger partial charge in [0.25, 0.3) is 5.91 Å². The number of anilines is 2. The quantitative estimate of drug-likeness (QED) is 0.764. The molecule has 1 aromatic heterocycles. The van der Waals surface area contributed by atoms with Crippen molar-refractivity contribution in [3.8, 4) is 0 Å². The molecule has 7 nitrogen and oxygen atoms in total. The second-order valence-corrected chi connectivity index (χ2v) is 7.90. The fourth-order valence-electron chi connectivity index (χ4n) is 3.89. The maximum Gasteiger partial charge on any atom is 0.254 e. The summed E-state index contributed by atoms with van der Waals surface area (Å²) in [5.41, 5.74) is 0.637. The number of likely N-dealkylation sites (N-methyl/N-ethyl adjacent to an activating group) is 1. The fraction of sp³-hybridized carbons (Fsp3) is 0.476. The van der Waals surface area contributed by atoms with Crippen LogP contribution in [0.3, 0.4) is 0 Å². The predicted octanol–water partition coefficient (Wildman–Crippen LogP) is 2.23. The Bertz CT molecular complexity index is 829. The van der Waals surface area contributed by atoms with Gasteiger partial charge >= 0.3 is 0 Å². The number of carbonyl (C=O) groups is 1. The summed E-state index contributed by atoms with van der Waals surface area (Å²) in [4.78, 5) is 21.5. The third-order valence-electron chi connectivity index (χ3n) is 5.74. The highest BCUT2D eigenvalue weighted by Gasteiger charge is 2.24. The van der Waals surface area contributed by atoms with Crippen LogP contribution in [-0.2, 0) is 0 Å². The smallest absolute Gasteiger partial charge is 0.254 e. The van der Waals surface area contributed by atoms with Gasteiger partial charge < -0.3 is 19.6 Å². The van der Waals surface area contributed by atoms with Crippen LogP contribution >= 0.6 is 11.6 Å². The standard InChI is InChI=1S/C21H27ClN6O/c1-2-25-8-10-26(11-9-25)19-6-7-20(24-23-19)27-12-14-28(15-13-27)21(29)17-4-3-5-18(22)16-17/h3-7,16H,2,8-15H2,1H3. The van der Waals surface area contributed by atoms with Crippen molar-refractivity contribution in [1.82, 2.24) is 20.0 Å². The Kier molecular flexibility index (Phi) is 6.16. The molecule has 0 N–H and O–H groups in total. The lowest BCUT2D eigenvalue weighted by Crippen LogP contribution is -2.49. The molecule has 0 atom stereocenters. The van der Waals surface area contributed by atoms with Crippen LogP contribution in [0.5, 0.6) is 0 Å². The van der Waals surface area contributed by atoms with Crippen molar-refractivity contribution in [2.75, 3.05) is 68.7 Å². The molecule has 2 aromatic rings. The molecular weight excluding hydrogens is 388 g/mol. The molecule has 0 radical (unpaired) electrons. The molecule has 0 aliphatic carbocycles. The van der Waals surface area contributed by atoms with Gasteiger partial charge in [-0.25, -0.2) is 0 Å².